The van der Waals surface area contributed by atoms with Gasteiger partial charge in [-0.05, 0) is 18.6 Å². The fraction of sp³-hybridized carbons (Fsp3) is 0.385. The molecule has 0 spiro atoms. The van der Waals surface area contributed by atoms with Crippen LogP contribution in [0, 0.1) is 0 Å². The number of carboxylic acids is 1. The van der Waals surface area contributed by atoms with Gasteiger partial charge in [0.1, 0.15) is 6.54 Å². The second-order valence-electron chi connectivity index (χ2n) is 4.05. The van der Waals surface area contributed by atoms with Crippen molar-refractivity contribution in [3.8, 4) is 0 Å². The first-order valence-electron chi connectivity index (χ1n) is 5.90. The Labute approximate surface area is 106 Å². The minimum absolute atomic E-state index is 0.356. The molecule has 5 heteroatoms. The molecule has 0 aliphatic carbocycles. The van der Waals surface area contributed by atoms with Gasteiger partial charge < -0.3 is 10.8 Å². The van der Waals surface area contributed by atoms with Crippen LogP contribution in [0.2, 0.25) is 0 Å². The van der Waals surface area contributed by atoms with Crippen LogP contribution in [0.3, 0.4) is 0 Å². The summed E-state index contributed by atoms with van der Waals surface area (Å²) in [5, 5.41) is 8.87. The Bertz CT molecular complexity index is 406. The maximum atomic E-state index is 12.1. The Hall–Kier alpha value is -1.88. The molecule has 0 fully saturated rings. The van der Waals surface area contributed by atoms with Crippen molar-refractivity contribution in [2.24, 2.45) is 5.73 Å². The SMILES string of the molecule is CCCC(N)C(=O)N(CC(=O)O)c1ccccc1. The molecule has 1 atom stereocenters. The number of hydrogen-bond donors (Lipinski definition) is 2. The highest BCUT2D eigenvalue weighted by molar-refractivity contribution is 6.00. The summed E-state index contributed by atoms with van der Waals surface area (Å²) < 4.78 is 0. The monoisotopic (exact) mass is 250 g/mol. The van der Waals surface area contributed by atoms with E-state index >= 15 is 0 Å². The molecule has 0 aliphatic heterocycles. The highest BCUT2D eigenvalue weighted by Gasteiger charge is 2.23. The van der Waals surface area contributed by atoms with E-state index in [1.165, 1.54) is 4.90 Å². The number of rotatable bonds is 6. The number of nitrogens with two attached hydrogens (primary N) is 1. The quantitative estimate of drug-likeness (QED) is 0.795. The third-order valence-corrected chi connectivity index (χ3v) is 2.54. The molecule has 98 valence electrons. The molecule has 1 amide bonds. The lowest BCUT2D eigenvalue weighted by Crippen LogP contribution is -2.46. The third-order valence-electron chi connectivity index (χ3n) is 2.54. The van der Waals surface area contributed by atoms with Crippen molar-refractivity contribution in [2.45, 2.75) is 25.8 Å². The minimum Gasteiger partial charge on any atom is -0.480 e. The van der Waals surface area contributed by atoms with Gasteiger partial charge in [0, 0.05) is 5.69 Å². The van der Waals surface area contributed by atoms with Gasteiger partial charge in [0.05, 0.1) is 6.04 Å². The van der Waals surface area contributed by atoms with E-state index < -0.39 is 12.0 Å². The van der Waals surface area contributed by atoms with Crippen LogP contribution in [0.5, 0.6) is 0 Å². The normalized spacial score (nSPS) is 11.9. The Morgan fingerprint density at radius 2 is 1.94 bits per heavy atom. The van der Waals surface area contributed by atoms with Crippen molar-refractivity contribution in [3.05, 3.63) is 30.3 Å². The van der Waals surface area contributed by atoms with Crippen molar-refractivity contribution in [1.29, 1.82) is 0 Å². The van der Waals surface area contributed by atoms with E-state index in [1.54, 1.807) is 30.3 Å². The third kappa shape index (κ3) is 3.85. The average molecular weight is 250 g/mol. The van der Waals surface area contributed by atoms with E-state index in [0.717, 1.165) is 6.42 Å². The molecule has 18 heavy (non-hydrogen) atoms. The first-order valence-corrected chi connectivity index (χ1v) is 5.90. The molecule has 0 heterocycles. The maximum absolute atomic E-state index is 12.1. The Kier molecular flexibility index (Phi) is 5.32. The number of aliphatic carboxylic acids is 1. The first-order chi connectivity index (χ1) is 8.56. The van der Waals surface area contributed by atoms with Gasteiger partial charge in [-0.3, -0.25) is 14.5 Å². The summed E-state index contributed by atoms with van der Waals surface area (Å²) in [4.78, 5) is 24.2. The van der Waals surface area contributed by atoms with Crippen molar-refractivity contribution in [2.75, 3.05) is 11.4 Å². The van der Waals surface area contributed by atoms with E-state index in [9.17, 15) is 9.59 Å². The number of carbonyl (C=O) groups excluding carboxylic acids is 1. The number of nitrogens with zero attached hydrogens (tertiary/aromatic N) is 1. The molecular weight excluding hydrogens is 232 g/mol. The molecule has 0 bridgehead atoms. The van der Waals surface area contributed by atoms with Gasteiger partial charge in [0.2, 0.25) is 5.91 Å². The van der Waals surface area contributed by atoms with Gasteiger partial charge in [0.25, 0.3) is 0 Å². The standard InChI is InChI=1S/C13H18N2O3/c1-2-6-11(14)13(18)15(9-12(16)17)10-7-4-3-5-8-10/h3-5,7-8,11H,2,6,9,14H2,1H3,(H,16,17). The topological polar surface area (TPSA) is 83.6 Å². The lowest BCUT2D eigenvalue weighted by Gasteiger charge is -2.24. The molecule has 1 aromatic rings. The largest absolute Gasteiger partial charge is 0.480 e. The molecule has 1 rings (SSSR count). The number of carbonyl (C=O) groups is 2. The maximum Gasteiger partial charge on any atom is 0.323 e. The van der Waals surface area contributed by atoms with E-state index in [2.05, 4.69) is 0 Å². The number of amides is 1. The van der Waals surface area contributed by atoms with Gasteiger partial charge in [-0.15, -0.1) is 0 Å². The molecule has 3 N–H and O–H groups in total. The zero-order chi connectivity index (χ0) is 13.5. The molecule has 0 aromatic heterocycles. The summed E-state index contributed by atoms with van der Waals surface area (Å²) in [7, 11) is 0. The molecule has 0 saturated heterocycles. The van der Waals surface area contributed by atoms with Crippen LogP contribution in [0.4, 0.5) is 5.69 Å². The molecule has 1 unspecified atom stereocenters. The van der Waals surface area contributed by atoms with Gasteiger partial charge in [0.15, 0.2) is 0 Å². The first kappa shape index (κ1) is 14.2. The Morgan fingerprint density at radius 3 is 2.44 bits per heavy atom. The van der Waals surface area contributed by atoms with Crippen molar-refractivity contribution < 1.29 is 14.7 Å². The molecular formula is C13H18N2O3. The second kappa shape index (κ2) is 6.76. The second-order valence-corrected chi connectivity index (χ2v) is 4.05. The minimum atomic E-state index is -1.06. The van der Waals surface area contributed by atoms with E-state index in [4.69, 9.17) is 10.8 Å². The summed E-state index contributed by atoms with van der Waals surface area (Å²) in [5.41, 5.74) is 6.31. The van der Waals surface area contributed by atoms with Crippen LogP contribution in [0.1, 0.15) is 19.8 Å². The van der Waals surface area contributed by atoms with Crippen LogP contribution in [0.25, 0.3) is 0 Å². The predicted molar refractivity (Wildman–Crippen MR) is 69.3 cm³/mol. The number of para-hydroxylation sites is 1. The highest BCUT2D eigenvalue weighted by atomic mass is 16.4. The number of benzene rings is 1. The van der Waals surface area contributed by atoms with Crippen LogP contribution in [0.15, 0.2) is 30.3 Å². The summed E-state index contributed by atoms with van der Waals surface area (Å²) >= 11 is 0. The van der Waals surface area contributed by atoms with Gasteiger partial charge in [-0.2, -0.15) is 0 Å². The summed E-state index contributed by atoms with van der Waals surface area (Å²) in [5.74, 6) is -1.42. The van der Waals surface area contributed by atoms with Gasteiger partial charge >= 0.3 is 5.97 Å². The molecule has 0 saturated carbocycles. The van der Waals surface area contributed by atoms with Crippen LogP contribution < -0.4 is 10.6 Å². The van der Waals surface area contributed by atoms with Gasteiger partial charge in [-0.1, -0.05) is 31.5 Å². The van der Waals surface area contributed by atoms with E-state index in [-0.39, 0.29) is 12.5 Å². The molecule has 0 aliphatic rings. The van der Waals surface area contributed by atoms with E-state index in [1.807, 2.05) is 6.92 Å². The highest BCUT2D eigenvalue weighted by Crippen LogP contribution is 2.15. The predicted octanol–water partition coefficient (Wildman–Crippen LogP) is 1.23. The van der Waals surface area contributed by atoms with E-state index in [0.29, 0.717) is 12.1 Å². The van der Waals surface area contributed by atoms with Crippen molar-refractivity contribution in [1.82, 2.24) is 0 Å². The van der Waals surface area contributed by atoms with Crippen molar-refractivity contribution >= 4 is 17.6 Å². The zero-order valence-electron chi connectivity index (χ0n) is 10.4. The van der Waals surface area contributed by atoms with Crippen LogP contribution in [-0.4, -0.2) is 29.6 Å². The number of anilines is 1. The molecule has 1 aromatic carbocycles. The lowest BCUT2D eigenvalue weighted by atomic mass is 10.1. The number of hydrogen-bond acceptors (Lipinski definition) is 3. The number of carboxylic acid groups (broad SMARTS) is 1. The smallest absolute Gasteiger partial charge is 0.323 e. The fourth-order valence-electron chi connectivity index (χ4n) is 1.67. The molecule has 0 radical (unpaired) electrons. The van der Waals surface area contributed by atoms with Crippen molar-refractivity contribution in [3.63, 3.8) is 0 Å². The lowest BCUT2D eigenvalue weighted by molar-refractivity contribution is -0.136. The fourth-order valence-corrected chi connectivity index (χ4v) is 1.67. The Morgan fingerprint density at radius 1 is 1.33 bits per heavy atom. The average Bonchev–Trinajstić information content (AvgIpc) is 2.36. The summed E-state index contributed by atoms with van der Waals surface area (Å²) in [6.07, 6.45) is 1.32. The summed E-state index contributed by atoms with van der Waals surface area (Å²) in [6, 6.07) is 8.04. The zero-order valence-corrected chi connectivity index (χ0v) is 10.4. The Balaban J connectivity index is 2.91. The van der Waals surface area contributed by atoms with Crippen LogP contribution in [-0.2, 0) is 9.59 Å². The van der Waals surface area contributed by atoms with Gasteiger partial charge in [-0.25, -0.2) is 0 Å². The molecule has 5 nitrogen and oxygen atoms in total. The summed E-state index contributed by atoms with van der Waals surface area (Å²) in [6.45, 7) is 1.55. The van der Waals surface area contributed by atoms with Crippen LogP contribution >= 0.6 is 0 Å².